The molecule has 30 heavy (non-hydrogen) atoms. The Morgan fingerprint density at radius 2 is 1.87 bits per heavy atom. The van der Waals surface area contributed by atoms with Crippen molar-refractivity contribution < 1.29 is 13.5 Å². The van der Waals surface area contributed by atoms with Gasteiger partial charge >= 0.3 is 6.61 Å². The van der Waals surface area contributed by atoms with Crippen molar-refractivity contribution in [1.29, 1.82) is 0 Å². The van der Waals surface area contributed by atoms with E-state index in [9.17, 15) is 8.78 Å². The summed E-state index contributed by atoms with van der Waals surface area (Å²) in [6, 6.07) is 12.2. The molecule has 3 heterocycles. The van der Waals surface area contributed by atoms with Crippen molar-refractivity contribution in [3.63, 3.8) is 0 Å². The monoisotopic (exact) mass is 407 g/mol. The summed E-state index contributed by atoms with van der Waals surface area (Å²) in [4.78, 5) is 13.8. The average molecular weight is 407 g/mol. The molecule has 0 aliphatic heterocycles. The Bertz CT molecular complexity index is 1170. The number of alkyl halides is 2. The third-order valence-electron chi connectivity index (χ3n) is 5.28. The van der Waals surface area contributed by atoms with Crippen LogP contribution < -0.4 is 10.1 Å². The lowest BCUT2D eigenvalue weighted by Crippen LogP contribution is -2.08. The van der Waals surface area contributed by atoms with Crippen molar-refractivity contribution in [1.82, 2.24) is 19.4 Å². The molecule has 152 valence electrons. The number of nitrogens with zero attached hydrogens (tertiary/aromatic N) is 4. The number of ether oxygens (including phenoxy) is 1. The maximum atomic E-state index is 12.3. The number of hydrogen-bond donors (Lipinski definition) is 1. The first kappa shape index (κ1) is 18.5. The highest BCUT2D eigenvalue weighted by atomic mass is 19.3. The van der Waals surface area contributed by atoms with E-state index in [0.29, 0.717) is 23.1 Å². The van der Waals surface area contributed by atoms with Gasteiger partial charge in [-0.15, -0.1) is 0 Å². The quantitative estimate of drug-likeness (QED) is 0.463. The SMILES string of the molecule is FC(F)Oc1ccc(Nc2cncc(-c3cccc4nc(C5CCC5)cn34)n2)cc1. The molecule has 1 fully saturated rings. The maximum absolute atomic E-state index is 12.3. The third kappa shape index (κ3) is 3.68. The maximum Gasteiger partial charge on any atom is 0.387 e. The molecule has 0 amide bonds. The highest BCUT2D eigenvalue weighted by Gasteiger charge is 2.22. The highest BCUT2D eigenvalue weighted by Crippen LogP contribution is 2.36. The van der Waals surface area contributed by atoms with Crippen LogP contribution in [0, 0.1) is 0 Å². The molecule has 0 spiro atoms. The Morgan fingerprint density at radius 3 is 2.60 bits per heavy atom. The molecule has 0 atom stereocenters. The molecule has 1 aliphatic carbocycles. The number of aromatic nitrogens is 4. The van der Waals surface area contributed by atoms with Crippen molar-refractivity contribution >= 4 is 17.2 Å². The molecule has 0 radical (unpaired) electrons. The number of fused-ring (bicyclic) bond motifs is 1. The molecule has 1 aliphatic rings. The average Bonchev–Trinajstić information content (AvgIpc) is 3.11. The van der Waals surface area contributed by atoms with Crippen LogP contribution in [-0.2, 0) is 0 Å². The lowest BCUT2D eigenvalue weighted by Gasteiger charge is -2.22. The van der Waals surface area contributed by atoms with Gasteiger partial charge in [-0.25, -0.2) is 9.97 Å². The Balaban J connectivity index is 1.41. The topological polar surface area (TPSA) is 64.3 Å². The molecule has 8 heteroatoms. The van der Waals surface area contributed by atoms with Crippen LogP contribution in [0.1, 0.15) is 30.9 Å². The molecule has 0 bridgehead atoms. The molecule has 0 unspecified atom stereocenters. The first-order valence-corrected chi connectivity index (χ1v) is 9.78. The van der Waals surface area contributed by atoms with E-state index >= 15 is 0 Å². The van der Waals surface area contributed by atoms with E-state index in [1.165, 1.54) is 31.4 Å². The lowest BCUT2D eigenvalue weighted by atomic mass is 9.83. The predicted octanol–water partition coefficient (Wildman–Crippen LogP) is 5.40. The van der Waals surface area contributed by atoms with Gasteiger partial charge in [0.25, 0.3) is 0 Å². The van der Waals surface area contributed by atoms with Crippen LogP contribution in [0.2, 0.25) is 0 Å². The fourth-order valence-corrected chi connectivity index (χ4v) is 3.56. The smallest absolute Gasteiger partial charge is 0.387 e. The minimum Gasteiger partial charge on any atom is -0.435 e. The van der Waals surface area contributed by atoms with Crippen molar-refractivity contribution in [2.75, 3.05) is 5.32 Å². The largest absolute Gasteiger partial charge is 0.435 e. The molecule has 0 saturated heterocycles. The molecule has 1 saturated carbocycles. The summed E-state index contributed by atoms with van der Waals surface area (Å²) >= 11 is 0. The highest BCUT2D eigenvalue weighted by molar-refractivity contribution is 5.63. The summed E-state index contributed by atoms with van der Waals surface area (Å²) in [5.41, 5.74) is 4.32. The van der Waals surface area contributed by atoms with Gasteiger partial charge in [0.15, 0.2) is 0 Å². The van der Waals surface area contributed by atoms with Crippen LogP contribution in [-0.4, -0.2) is 26.0 Å². The van der Waals surface area contributed by atoms with E-state index in [4.69, 9.17) is 4.98 Å². The fourth-order valence-electron chi connectivity index (χ4n) is 3.56. The molecule has 6 nitrogen and oxygen atoms in total. The zero-order valence-corrected chi connectivity index (χ0v) is 16.0. The zero-order chi connectivity index (χ0) is 20.5. The van der Waals surface area contributed by atoms with Crippen LogP contribution >= 0.6 is 0 Å². The standard InChI is InChI=1S/C22H19F2N5O/c23-22(24)30-16-9-7-15(8-10-16)26-20-12-25-11-17(27-20)19-5-2-6-21-28-18(13-29(19)21)14-3-1-4-14/h2,5-14,22H,1,3-4H2,(H,26,27). The Labute approximate surface area is 171 Å². The number of anilines is 2. The summed E-state index contributed by atoms with van der Waals surface area (Å²) in [5.74, 6) is 1.20. The van der Waals surface area contributed by atoms with Crippen LogP contribution in [0.15, 0.2) is 61.1 Å². The van der Waals surface area contributed by atoms with Gasteiger partial charge in [0.2, 0.25) is 0 Å². The first-order valence-electron chi connectivity index (χ1n) is 9.78. The Hall–Kier alpha value is -3.55. The minimum absolute atomic E-state index is 0.101. The molecule has 1 aromatic carbocycles. The van der Waals surface area contributed by atoms with Gasteiger partial charge in [0.05, 0.1) is 23.8 Å². The van der Waals surface area contributed by atoms with E-state index < -0.39 is 6.61 Å². The third-order valence-corrected chi connectivity index (χ3v) is 5.28. The normalized spacial score (nSPS) is 14.1. The molecular weight excluding hydrogens is 388 g/mol. The number of benzene rings is 1. The van der Waals surface area contributed by atoms with Gasteiger partial charge in [-0.2, -0.15) is 8.78 Å². The summed E-state index contributed by atoms with van der Waals surface area (Å²) in [5, 5.41) is 3.14. The predicted molar refractivity (Wildman–Crippen MR) is 109 cm³/mol. The Kier molecular flexibility index (Phi) is 4.74. The number of hydrogen-bond acceptors (Lipinski definition) is 5. The fraction of sp³-hybridized carbons (Fsp3) is 0.227. The van der Waals surface area contributed by atoms with E-state index in [1.54, 1.807) is 24.5 Å². The molecule has 4 aromatic rings. The number of pyridine rings is 1. The Morgan fingerprint density at radius 1 is 1.03 bits per heavy atom. The van der Waals surface area contributed by atoms with Gasteiger partial charge < -0.3 is 10.1 Å². The van der Waals surface area contributed by atoms with Gasteiger partial charge in [-0.05, 0) is 49.2 Å². The molecule has 3 aromatic heterocycles. The second kappa shape index (κ2) is 7.70. The molecule has 5 rings (SSSR count). The lowest BCUT2D eigenvalue weighted by molar-refractivity contribution is -0.0498. The van der Waals surface area contributed by atoms with Gasteiger partial charge in [0.1, 0.15) is 22.9 Å². The number of imidazole rings is 1. The second-order valence-corrected chi connectivity index (χ2v) is 7.25. The summed E-state index contributed by atoms with van der Waals surface area (Å²) in [6.07, 6.45) is 9.07. The minimum atomic E-state index is -2.85. The van der Waals surface area contributed by atoms with Gasteiger partial charge in [-0.3, -0.25) is 9.38 Å². The second-order valence-electron chi connectivity index (χ2n) is 7.25. The van der Waals surface area contributed by atoms with Gasteiger partial charge in [0, 0.05) is 17.8 Å². The van der Waals surface area contributed by atoms with Crippen LogP contribution in [0.25, 0.3) is 17.0 Å². The van der Waals surface area contributed by atoms with Crippen molar-refractivity contribution in [3.8, 4) is 17.1 Å². The van der Waals surface area contributed by atoms with Crippen LogP contribution in [0.5, 0.6) is 5.75 Å². The van der Waals surface area contributed by atoms with Gasteiger partial charge in [-0.1, -0.05) is 12.5 Å². The number of rotatable bonds is 6. The molecule has 1 N–H and O–H groups in total. The van der Waals surface area contributed by atoms with E-state index in [0.717, 1.165) is 17.0 Å². The van der Waals surface area contributed by atoms with Crippen molar-refractivity contribution in [2.45, 2.75) is 31.8 Å². The zero-order valence-electron chi connectivity index (χ0n) is 16.0. The van der Waals surface area contributed by atoms with E-state index in [-0.39, 0.29) is 5.75 Å². The number of nitrogens with one attached hydrogen (secondary N) is 1. The summed E-state index contributed by atoms with van der Waals surface area (Å²) < 4.78 is 31.0. The van der Waals surface area contributed by atoms with E-state index in [1.807, 2.05) is 18.2 Å². The summed E-state index contributed by atoms with van der Waals surface area (Å²) in [6.45, 7) is -2.85. The van der Waals surface area contributed by atoms with Crippen molar-refractivity contribution in [2.24, 2.45) is 0 Å². The van der Waals surface area contributed by atoms with Crippen molar-refractivity contribution in [3.05, 3.63) is 66.7 Å². The number of halogens is 2. The van der Waals surface area contributed by atoms with Crippen LogP contribution in [0.4, 0.5) is 20.3 Å². The molecular formula is C22H19F2N5O. The van der Waals surface area contributed by atoms with E-state index in [2.05, 4.69) is 30.6 Å². The van der Waals surface area contributed by atoms with Crippen LogP contribution in [0.3, 0.4) is 0 Å². The first-order chi connectivity index (χ1) is 14.7. The summed E-state index contributed by atoms with van der Waals surface area (Å²) in [7, 11) is 0.